The lowest BCUT2D eigenvalue weighted by molar-refractivity contribution is -0.162. The Balaban J connectivity index is 2.02. The first-order valence-corrected chi connectivity index (χ1v) is 16.4. The van der Waals surface area contributed by atoms with Crippen LogP contribution in [0.4, 0.5) is 0 Å². The molecule has 3 aromatic rings. The molecule has 0 radical (unpaired) electrons. The van der Waals surface area contributed by atoms with Gasteiger partial charge < -0.3 is 19.5 Å². The molecule has 3 rings (SSSR count). The zero-order valence-electron chi connectivity index (χ0n) is 25.7. The number of hydrogen-bond acceptors (Lipinski definition) is 10. The number of esters is 2. The van der Waals surface area contributed by atoms with E-state index < -0.39 is 55.5 Å². The first-order valence-electron chi connectivity index (χ1n) is 13.6. The molecular weight excluding hydrogens is 629 g/mol. The van der Waals surface area contributed by atoms with E-state index in [1.54, 1.807) is 103 Å². The summed E-state index contributed by atoms with van der Waals surface area (Å²) >= 11 is 7.58. The summed E-state index contributed by atoms with van der Waals surface area (Å²) in [5.74, 6) is -1.38. The molecule has 0 bridgehead atoms. The highest BCUT2D eigenvalue weighted by molar-refractivity contribution is 7.55. The van der Waals surface area contributed by atoms with Crippen molar-refractivity contribution in [3.05, 3.63) is 70.2 Å². The molecule has 1 heterocycles. The highest BCUT2D eigenvalue weighted by Crippen LogP contribution is 2.62. The van der Waals surface area contributed by atoms with E-state index in [0.717, 1.165) is 10.3 Å². The highest BCUT2D eigenvalue weighted by atomic mass is 35.5. The summed E-state index contributed by atoms with van der Waals surface area (Å²) < 4.78 is 42.2. The van der Waals surface area contributed by atoms with Gasteiger partial charge in [-0.25, -0.2) is 0 Å². The normalized spacial score (nSPS) is 13.1. The smallest absolute Gasteiger partial charge is 0.353 e. The fourth-order valence-electron chi connectivity index (χ4n) is 3.66. The summed E-state index contributed by atoms with van der Waals surface area (Å²) in [6.07, 6.45) is 3.01. The molecule has 1 atom stereocenters. The summed E-state index contributed by atoms with van der Waals surface area (Å²) in [6.45, 7) is 8.28. The number of carbonyl (C=O) groups is 3. The minimum Gasteiger partial charge on any atom is -0.497 e. The van der Waals surface area contributed by atoms with Gasteiger partial charge in [-0.1, -0.05) is 23.7 Å². The van der Waals surface area contributed by atoms with Gasteiger partial charge in [0, 0.05) is 15.9 Å². The molecule has 1 N–H and O–H groups in total. The zero-order valence-corrected chi connectivity index (χ0v) is 28.1. The van der Waals surface area contributed by atoms with E-state index in [-0.39, 0.29) is 0 Å². The van der Waals surface area contributed by atoms with E-state index >= 15 is 0 Å². The number of carbonyl (C=O) groups excluding carboxylic acids is 3. The van der Waals surface area contributed by atoms with E-state index in [1.165, 1.54) is 17.5 Å². The van der Waals surface area contributed by atoms with Crippen LogP contribution in [0.3, 0.4) is 0 Å². The summed E-state index contributed by atoms with van der Waals surface area (Å²) in [4.78, 5) is 38.7. The molecule has 238 valence electrons. The van der Waals surface area contributed by atoms with Gasteiger partial charge in [0.2, 0.25) is 19.5 Å². The first kappa shape index (κ1) is 35.3. The Bertz CT molecular complexity index is 1540. The Kier molecular flexibility index (Phi) is 11.8. The molecule has 1 unspecified atom stereocenters. The molecule has 13 heteroatoms. The van der Waals surface area contributed by atoms with E-state index in [1.807, 2.05) is 0 Å². The van der Waals surface area contributed by atoms with Crippen LogP contribution in [0, 0.1) is 10.8 Å². The van der Waals surface area contributed by atoms with Gasteiger partial charge in [-0.05, 0) is 99.8 Å². The quantitative estimate of drug-likeness (QED) is 0.118. The van der Waals surface area contributed by atoms with Crippen LogP contribution in [0.2, 0.25) is 5.02 Å². The molecule has 10 nitrogen and oxygen atoms in total. The third-order valence-electron chi connectivity index (χ3n) is 6.09. The molecular formula is C31H37ClNO9PS. The Morgan fingerprint density at radius 3 is 2.14 bits per heavy atom. The second-order valence-electron chi connectivity index (χ2n) is 11.7. The number of rotatable bonds is 12. The summed E-state index contributed by atoms with van der Waals surface area (Å²) in [5, 5.41) is 5.24. The lowest BCUT2D eigenvalue weighted by atomic mass is 9.98. The van der Waals surface area contributed by atoms with Crippen molar-refractivity contribution in [3.8, 4) is 5.75 Å². The van der Waals surface area contributed by atoms with Gasteiger partial charge >= 0.3 is 19.5 Å². The van der Waals surface area contributed by atoms with Gasteiger partial charge in [0.25, 0.3) is 0 Å². The maximum Gasteiger partial charge on any atom is 0.353 e. The average Bonchev–Trinajstić information content (AvgIpc) is 3.34. The molecule has 1 aromatic heterocycles. The van der Waals surface area contributed by atoms with Gasteiger partial charge in [0.05, 0.1) is 17.9 Å². The van der Waals surface area contributed by atoms with Crippen LogP contribution in [0.15, 0.2) is 54.0 Å². The lowest BCUT2D eigenvalue weighted by Gasteiger charge is -2.27. The molecule has 0 spiro atoms. The number of benzene rings is 2. The number of thiophene rings is 1. The lowest BCUT2D eigenvalue weighted by Crippen LogP contribution is -2.29. The second kappa shape index (κ2) is 14.7. The number of nitrogens with one attached hydrogen (secondary N) is 1. The molecule has 2 aromatic carbocycles. The Labute approximate surface area is 266 Å². The summed E-state index contributed by atoms with van der Waals surface area (Å²) in [5.41, 5.74) is -2.30. The van der Waals surface area contributed by atoms with Crippen molar-refractivity contribution >= 4 is 64.5 Å². The number of halogens is 1. The number of ether oxygens (including phenoxy) is 3. The van der Waals surface area contributed by atoms with E-state index in [0.29, 0.717) is 21.7 Å². The number of fused-ring (bicyclic) bond motifs is 1. The first-order chi connectivity index (χ1) is 20.5. The Hall–Kier alpha value is -3.21. The van der Waals surface area contributed by atoms with Crippen LogP contribution >= 0.6 is 30.5 Å². The standard InChI is InChI=1S/C31H37ClNO9PS/c1-30(2,3)28(35)39-18-41-43(37,42-19-40-29(36)31(4,5)6)26(24-17-44-25-12-11-21(32)16-23(24)25)27(34)33-14-13-20-9-8-10-22(15-20)38-7/h8-17,26H,18-19H2,1-7H3,(H,33,34). The van der Waals surface area contributed by atoms with E-state index in [9.17, 15) is 18.9 Å². The largest absolute Gasteiger partial charge is 0.497 e. The van der Waals surface area contributed by atoms with Crippen molar-refractivity contribution in [2.75, 3.05) is 20.7 Å². The average molecular weight is 666 g/mol. The number of methoxy groups -OCH3 is 1. The number of amides is 1. The van der Waals surface area contributed by atoms with Gasteiger partial charge in [0.1, 0.15) is 5.75 Å². The van der Waals surface area contributed by atoms with Crippen LogP contribution in [0.1, 0.15) is 58.3 Å². The second-order valence-corrected chi connectivity index (χ2v) is 15.2. The minimum absolute atomic E-state index is 0.299. The van der Waals surface area contributed by atoms with Gasteiger partial charge in [0.15, 0.2) is 5.66 Å². The molecule has 1 amide bonds. The fraction of sp³-hybridized carbons (Fsp3) is 0.387. The van der Waals surface area contributed by atoms with Crippen molar-refractivity contribution < 1.29 is 42.2 Å². The van der Waals surface area contributed by atoms with Crippen LogP contribution in [-0.4, -0.2) is 38.5 Å². The van der Waals surface area contributed by atoms with Crippen LogP contribution < -0.4 is 10.1 Å². The monoisotopic (exact) mass is 665 g/mol. The van der Waals surface area contributed by atoms with Crippen molar-refractivity contribution in [3.63, 3.8) is 0 Å². The summed E-state index contributed by atoms with van der Waals surface area (Å²) in [6, 6.07) is 12.2. The molecule has 0 fully saturated rings. The molecule has 0 saturated carbocycles. The Morgan fingerprint density at radius 2 is 1.57 bits per heavy atom. The molecule has 0 aliphatic carbocycles. The van der Waals surface area contributed by atoms with Crippen molar-refractivity contribution in [1.82, 2.24) is 5.32 Å². The van der Waals surface area contributed by atoms with Crippen LogP contribution in [0.5, 0.6) is 5.75 Å². The predicted molar refractivity (Wildman–Crippen MR) is 170 cm³/mol. The predicted octanol–water partition coefficient (Wildman–Crippen LogP) is 7.71. The number of hydrogen-bond donors (Lipinski definition) is 1. The Morgan fingerprint density at radius 1 is 0.955 bits per heavy atom. The maximum absolute atomic E-state index is 14.6. The minimum atomic E-state index is -4.59. The summed E-state index contributed by atoms with van der Waals surface area (Å²) in [7, 11) is -3.05. The topological polar surface area (TPSA) is 126 Å². The highest BCUT2D eigenvalue weighted by Gasteiger charge is 2.45. The van der Waals surface area contributed by atoms with Crippen molar-refractivity contribution in [1.29, 1.82) is 0 Å². The van der Waals surface area contributed by atoms with Gasteiger partial charge in [-0.3, -0.25) is 28.0 Å². The SMILES string of the molecule is COc1cccc(C=CNC(=O)C(c2csc3ccc(Cl)cc23)P(=O)(OCOC(=O)C(C)(C)C)OCOC(=O)C(C)(C)C)c1. The third-order valence-corrected chi connectivity index (χ3v) is 9.38. The molecule has 0 aliphatic heterocycles. The van der Waals surface area contributed by atoms with Crippen molar-refractivity contribution in [2.24, 2.45) is 10.8 Å². The maximum atomic E-state index is 14.6. The zero-order chi connectivity index (χ0) is 32.7. The van der Waals surface area contributed by atoms with E-state index in [2.05, 4.69) is 5.32 Å². The van der Waals surface area contributed by atoms with Crippen molar-refractivity contribution in [2.45, 2.75) is 47.2 Å². The van der Waals surface area contributed by atoms with Gasteiger partial charge in [-0.2, -0.15) is 0 Å². The van der Waals surface area contributed by atoms with E-state index in [4.69, 9.17) is 34.9 Å². The van der Waals surface area contributed by atoms with Crippen LogP contribution in [-0.2, 0) is 37.5 Å². The molecule has 0 saturated heterocycles. The molecule has 44 heavy (non-hydrogen) atoms. The molecule has 0 aliphatic rings. The van der Waals surface area contributed by atoms with Crippen LogP contribution in [0.25, 0.3) is 16.2 Å². The fourth-order valence-corrected chi connectivity index (χ4v) is 6.59. The third kappa shape index (κ3) is 9.39. The van der Waals surface area contributed by atoms with Gasteiger partial charge in [-0.15, -0.1) is 11.3 Å².